The zero-order chi connectivity index (χ0) is 16.9. The Balaban J connectivity index is 1.86. The molecular weight excluding hydrogens is 336 g/mol. The first kappa shape index (κ1) is 18.2. The lowest BCUT2D eigenvalue weighted by Crippen LogP contribution is -2.46. The van der Waals surface area contributed by atoms with Crippen LogP contribution in [0.4, 0.5) is 0 Å². The van der Waals surface area contributed by atoms with Crippen molar-refractivity contribution >= 4 is 27.3 Å². The van der Waals surface area contributed by atoms with Crippen molar-refractivity contribution in [2.24, 2.45) is 0 Å². The zero-order valence-electron chi connectivity index (χ0n) is 13.3. The lowest BCUT2D eigenvalue weighted by atomic mass is 10.1. The number of nitrogens with one attached hydrogen (secondary N) is 1. The van der Waals surface area contributed by atoms with Gasteiger partial charge in [0.15, 0.2) is 9.84 Å². The van der Waals surface area contributed by atoms with E-state index >= 15 is 0 Å². The molecule has 1 aliphatic heterocycles. The Bertz CT molecular complexity index is 623. The highest BCUT2D eigenvalue weighted by molar-refractivity contribution is 7.92. The molecule has 1 heterocycles. The summed E-state index contributed by atoms with van der Waals surface area (Å²) >= 11 is 5.75. The van der Waals surface area contributed by atoms with Crippen LogP contribution < -0.4 is 5.32 Å². The topological polar surface area (TPSA) is 66.5 Å². The van der Waals surface area contributed by atoms with Crippen molar-refractivity contribution in [3.8, 4) is 0 Å². The van der Waals surface area contributed by atoms with Crippen molar-refractivity contribution in [1.82, 2.24) is 10.2 Å². The number of hydrogen-bond acceptors (Lipinski definition) is 4. The summed E-state index contributed by atoms with van der Waals surface area (Å²) in [7, 11) is -3.63. The minimum atomic E-state index is -3.63. The molecule has 1 N–H and O–H groups in total. The van der Waals surface area contributed by atoms with E-state index in [-0.39, 0.29) is 10.9 Å². The lowest BCUT2D eigenvalue weighted by molar-refractivity contribution is -0.119. The molecule has 0 atom stereocenters. The molecule has 0 unspecified atom stereocenters. The Hall–Kier alpha value is -1.11. The highest BCUT2D eigenvalue weighted by atomic mass is 35.5. The summed E-state index contributed by atoms with van der Waals surface area (Å²) < 4.78 is 24.4. The number of rotatable bonds is 6. The molecule has 1 amide bonds. The number of amides is 1. The molecule has 0 aliphatic carbocycles. The van der Waals surface area contributed by atoms with Crippen LogP contribution in [0.1, 0.15) is 26.2 Å². The van der Waals surface area contributed by atoms with Crippen molar-refractivity contribution in [3.63, 3.8) is 0 Å². The second-order valence-electron chi connectivity index (χ2n) is 5.90. The van der Waals surface area contributed by atoms with Gasteiger partial charge in [-0.1, -0.05) is 18.5 Å². The maximum absolute atomic E-state index is 12.2. The van der Waals surface area contributed by atoms with E-state index in [9.17, 15) is 13.2 Å². The summed E-state index contributed by atoms with van der Waals surface area (Å²) in [5.74, 6) is -0.960. The standard InChI is InChI=1S/C16H23ClN2O3S/c1-2-9-19-10-7-14(8-11-19)18-16(20)12-23(21,22)15-5-3-13(17)4-6-15/h3-6,14H,2,7-12H2,1H3,(H,18,20). The molecule has 0 radical (unpaired) electrons. The van der Waals surface area contributed by atoms with Gasteiger partial charge in [-0.25, -0.2) is 8.42 Å². The Morgan fingerprint density at radius 3 is 2.43 bits per heavy atom. The van der Waals surface area contributed by atoms with E-state index < -0.39 is 21.5 Å². The fourth-order valence-corrected chi connectivity index (χ4v) is 4.06. The van der Waals surface area contributed by atoms with Crippen molar-refractivity contribution in [1.29, 1.82) is 0 Å². The number of nitrogens with zero attached hydrogens (tertiary/aromatic N) is 1. The fourth-order valence-electron chi connectivity index (χ4n) is 2.78. The third-order valence-corrected chi connectivity index (χ3v) is 5.87. The fraction of sp³-hybridized carbons (Fsp3) is 0.562. The smallest absolute Gasteiger partial charge is 0.235 e. The number of sulfone groups is 1. The predicted molar refractivity (Wildman–Crippen MR) is 91.4 cm³/mol. The van der Waals surface area contributed by atoms with E-state index in [1.165, 1.54) is 24.3 Å². The van der Waals surface area contributed by atoms with Crippen molar-refractivity contribution < 1.29 is 13.2 Å². The first-order chi connectivity index (χ1) is 10.9. The van der Waals surface area contributed by atoms with Gasteiger partial charge in [0.2, 0.25) is 5.91 Å². The number of likely N-dealkylation sites (tertiary alicyclic amines) is 1. The minimum Gasteiger partial charge on any atom is -0.352 e. The molecule has 23 heavy (non-hydrogen) atoms. The van der Waals surface area contributed by atoms with Gasteiger partial charge in [0.1, 0.15) is 5.75 Å². The third kappa shape index (κ3) is 5.48. The molecule has 1 aromatic carbocycles. The summed E-state index contributed by atoms with van der Waals surface area (Å²) in [5, 5.41) is 3.31. The van der Waals surface area contributed by atoms with Gasteiger partial charge in [0, 0.05) is 24.2 Å². The second-order valence-corrected chi connectivity index (χ2v) is 8.32. The number of benzene rings is 1. The number of carbonyl (C=O) groups excluding carboxylic acids is 1. The second kappa shape index (κ2) is 8.13. The summed E-state index contributed by atoms with van der Waals surface area (Å²) in [4.78, 5) is 14.5. The Labute approximate surface area is 142 Å². The van der Waals surface area contributed by atoms with E-state index in [1.807, 2.05) is 0 Å². The van der Waals surface area contributed by atoms with Gasteiger partial charge in [-0.15, -0.1) is 0 Å². The number of piperidine rings is 1. The number of halogens is 1. The molecule has 1 saturated heterocycles. The molecule has 5 nitrogen and oxygen atoms in total. The van der Waals surface area contributed by atoms with Crippen molar-refractivity contribution in [3.05, 3.63) is 29.3 Å². The van der Waals surface area contributed by atoms with Gasteiger partial charge in [0.05, 0.1) is 4.90 Å². The minimum absolute atomic E-state index is 0.0658. The molecule has 2 rings (SSSR count). The molecule has 1 aliphatic rings. The molecule has 1 fully saturated rings. The highest BCUT2D eigenvalue weighted by Gasteiger charge is 2.24. The molecule has 128 valence electrons. The van der Waals surface area contributed by atoms with Crippen LogP contribution in [-0.4, -0.2) is 50.7 Å². The molecule has 1 aromatic rings. The normalized spacial score (nSPS) is 17.1. The maximum atomic E-state index is 12.2. The molecule has 0 saturated carbocycles. The monoisotopic (exact) mass is 358 g/mol. The summed E-state index contributed by atoms with van der Waals surface area (Å²) in [6.07, 6.45) is 2.86. The molecule has 0 spiro atoms. The van der Waals surface area contributed by atoms with Crippen LogP contribution in [0.15, 0.2) is 29.2 Å². The van der Waals surface area contributed by atoms with E-state index in [1.54, 1.807) is 0 Å². The van der Waals surface area contributed by atoms with E-state index in [4.69, 9.17) is 11.6 Å². The Morgan fingerprint density at radius 2 is 1.87 bits per heavy atom. The van der Waals surface area contributed by atoms with E-state index in [2.05, 4.69) is 17.1 Å². The highest BCUT2D eigenvalue weighted by Crippen LogP contribution is 2.16. The predicted octanol–water partition coefficient (Wildman–Crippen LogP) is 2.10. The summed E-state index contributed by atoms with van der Waals surface area (Å²) in [6, 6.07) is 5.93. The van der Waals surface area contributed by atoms with Crippen LogP contribution in [0.5, 0.6) is 0 Å². The Morgan fingerprint density at radius 1 is 1.26 bits per heavy atom. The summed E-state index contributed by atoms with van der Waals surface area (Å²) in [5.41, 5.74) is 0. The van der Waals surface area contributed by atoms with Crippen LogP contribution in [0.3, 0.4) is 0 Å². The number of hydrogen-bond donors (Lipinski definition) is 1. The molecule has 0 aromatic heterocycles. The van der Waals surface area contributed by atoms with Gasteiger partial charge < -0.3 is 10.2 Å². The molecule has 7 heteroatoms. The Kier molecular flexibility index (Phi) is 6.44. The van der Waals surface area contributed by atoms with Crippen LogP contribution in [-0.2, 0) is 14.6 Å². The van der Waals surface area contributed by atoms with Crippen LogP contribution in [0.2, 0.25) is 5.02 Å². The zero-order valence-corrected chi connectivity index (χ0v) is 14.9. The van der Waals surface area contributed by atoms with Crippen molar-refractivity contribution in [2.45, 2.75) is 37.1 Å². The van der Waals surface area contributed by atoms with Gasteiger partial charge in [-0.05, 0) is 50.1 Å². The lowest BCUT2D eigenvalue weighted by Gasteiger charge is -2.32. The largest absolute Gasteiger partial charge is 0.352 e. The molecular formula is C16H23ClN2O3S. The van der Waals surface area contributed by atoms with Gasteiger partial charge in [-0.2, -0.15) is 0 Å². The van der Waals surface area contributed by atoms with E-state index in [0.29, 0.717) is 5.02 Å². The average molecular weight is 359 g/mol. The average Bonchev–Trinajstić information content (AvgIpc) is 2.49. The van der Waals surface area contributed by atoms with Gasteiger partial charge in [-0.3, -0.25) is 4.79 Å². The summed E-state index contributed by atoms with van der Waals surface area (Å²) in [6.45, 7) is 5.12. The van der Waals surface area contributed by atoms with E-state index in [0.717, 1.165) is 38.9 Å². The molecule has 0 bridgehead atoms. The van der Waals surface area contributed by atoms with Crippen LogP contribution in [0, 0.1) is 0 Å². The number of carbonyl (C=O) groups is 1. The third-order valence-electron chi connectivity index (χ3n) is 3.99. The van der Waals surface area contributed by atoms with Crippen LogP contribution >= 0.6 is 11.6 Å². The van der Waals surface area contributed by atoms with Crippen LogP contribution in [0.25, 0.3) is 0 Å². The SMILES string of the molecule is CCCN1CCC(NC(=O)CS(=O)(=O)c2ccc(Cl)cc2)CC1. The van der Waals surface area contributed by atoms with Gasteiger partial charge in [0.25, 0.3) is 0 Å². The van der Waals surface area contributed by atoms with Gasteiger partial charge >= 0.3 is 0 Å². The van der Waals surface area contributed by atoms with Crippen molar-refractivity contribution in [2.75, 3.05) is 25.4 Å². The first-order valence-corrected chi connectivity index (χ1v) is 9.94. The maximum Gasteiger partial charge on any atom is 0.235 e. The first-order valence-electron chi connectivity index (χ1n) is 7.91. The quantitative estimate of drug-likeness (QED) is 0.845.